The third kappa shape index (κ3) is 3.25. The molecule has 0 spiro atoms. The Balaban J connectivity index is 2.42. The fourth-order valence-corrected chi connectivity index (χ4v) is 1.55. The van der Waals surface area contributed by atoms with Crippen molar-refractivity contribution in [2.45, 2.75) is 38.8 Å². The van der Waals surface area contributed by atoms with Gasteiger partial charge >= 0.3 is 0 Å². The fraction of sp³-hybridized carbons (Fsp3) is 1.00. The Kier molecular flexibility index (Phi) is 3.71. The molecular formula is C10H21NO2. The predicted molar refractivity (Wildman–Crippen MR) is 52.8 cm³/mol. The second kappa shape index (κ2) is 4.40. The lowest BCUT2D eigenvalue weighted by molar-refractivity contribution is -0.0495. The van der Waals surface area contributed by atoms with Crippen molar-refractivity contribution in [3.8, 4) is 0 Å². The van der Waals surface area contributed by atoms with Gasteiger partial charge < -0.3 is 9.84 Å². The second-order valence-corrected chi connectivity index (χ2v) is 4.24. The normalized spacial score (nSPS) is 30.0. The molecular weight excluding hydrogens is 166 g/mol. The zero-order valence-electron chi connectivity index (χ0n) is 8.92. The highest BCUT2D eigenvalue weighted by Crippen LogP contribution is 2.15. The number of rotatable bonds is 3. The van der Waals surface area contributed by atoms with Crippen LogP contribution in [0.15, 0.2) is 0 Å². The van der Waals surface area contributed by atoms with Gasteiger partial charge in [-0.1, -0.05) is 6.92 Å². The molecule has 1 fully saturated rings. The molecule has 13 heavy (non-hydrogen) atoms. The molecule has 2 unspecified atom stereocenters. The Labute approximate surface area is 80.7 Å². The zero-order valence-corrected chi connectivity index (χ0v) is 8.92. The molecule has 1 rings (SSSR count). The Morgan fingerprint density at radius 1 is 1.62 bits per heavy atom. The molecule has 0 aromatic heterocycles. The molecule has 2 atom stereocenters. The first-order valence-electron chi connectivity index (χ1n) is 5.09. The molecule has 0 aromatic rings. The molecule has 0 bridgehead atoms. The highest BCUT2D eigenvalue weighted by molar-refractivity contribution is 4.80. The third-order valence-electron chi connectivity index (χ3n) is 2.81. The van der Waals surface area contributed by atoms with Gasteiger partial charge in [-0.05, 0) is 20.3 Å². The number of nitrogens with zero attached hydrogens (tertiary/aromatic N) is 1. The standard InChI is InChI=1S/C10H21NO2/c1-4-10(3,12)8-11-5-6-13-7-9(11)2/h9,12H,4-8H2,1-3H3. The van der Waals surface area contributed by atoms with Gasteiger partial charge in [0.2, 0.25) is 0 Å². The van der Waals surface area contributed by atoms with Crippen LogP contribution in [0.4, 0.5) is 0 Å². The summed E-state index contributed by atoms with van der Waals surface area (Å²) in [5.74, 6) is 0. The fourth-order valence-electron chi connectivity index (χ4n) is 1.55. The van der Waals surface area contributed by atoms with Gasteiger partial charge in [0.05, 0.1) is 18.8 Å². The van der Waals surface area contributed by atoms with Gasteiger partial charge in [0.1, 0.15) is 0 Å². The summed E-state index contributed by atoms with van der Waals surface area (Å²) in [4.78, 5) is 2.30. The maximum Gasteiger partial charge on any atom is 0.0743 e. The summed E-state index contributed by atoms with van der Waals surface area (Å²) >= 11 is 0. The van der Waals surface area contributed by atoms with E-state index in [1.165, 1.54) is 0 Å². The lowest BCUT2D eigenvalue weighted by Gasteiger charge is -2.37. The number of β-amino-alcohol motifs (C(OH)–C–C–N with tert-alkyl or cyclic N) is 1. The predicted octanol–water partition coefficient (Wildman–Crippen LogP) is 0.868. The van der Waals surface area contributed by atoms with Crippen molar-refractivity contribution in [2.24, 2.45) is 0 Å². The Morgan fingerprint density at radius 3 is 2.85 bits per heavy atom. The van der Waals surface area contributed by atoms with Crippen LogP contribution in [0.1, 0.15) is 27.2 Å². The second-order valence-electron chi connectivity index (χ2n) is 4.24. The summed E-state index contributed by atoms with van der Waals surface area (Å²) in [5.41, 5.74) is -0.550. The average molecular weight is 187 g/mol. The van der Waals surface area contributed by atoms with Crippen LogP contribution in [-0.2, 0) is 4.74 Å². The molecule has 1 aliphatic rings. The lowest BCUT2D eigenvalue weighted by Crippen LogP contribution is -2.50. The van der Waals surface area contributed by atoms with Crippen molar-refractivity contribution in [1.29, 1.82) is 0 Å². The van der Waals surface area contributed by atoms with E-state index >= 15 is 0 Å². The van der Waals surface area contributed by atoms with Crippen molar-refractivity contribution in [3.63, 3.8) is 0 Å². The first-order chi connectivity index (χ1) is 6.05. The van der Waals surface area contributed by atoms with Gasteiger partial charge in [-0.25, -0.2) is 0 Å². The number of morpholine rings is 1. The molecule has 1 aliphatic heterocycles. The average Bonchev–Trinajstić information content (AvgIpc) is 2.09. The third-order valence-corrected chi connectivity index (χ3v) is 2.81. The van der Waals surface area contributed by atoms with Crippen LogP contribution in [0.5, 0.6) is 0 Å². The van der Waals surface area contributed by atoms with Gasteiger partial charge in [-0.2, -0.15) is 0 Å². The molecule has 1 heterocycles. The summed E-state index contributed by atoms with van der Waals surface area (Å²) in [6.45, 7) is 9.35. The molecule has 0 aliphatic carbocycles. The van der Waals surface area contributed by atoms with E-state index in [1.807, 2.05) is 13.8 Å². The molecule has 78 valence electrons. The quantitative estimate of drug-likeness (QED) is 0.711. The van der Waals surface area contributed by atoms with Gasteiger partial charge in [0.15, 0.2) is 0 Å². The minimum absolute atomic E-state index is 0.437. The Hall–Kier alpha value is -0.120. The van der Waals surface area contributed by atoms with Crippen molar-refractivity contribution in [2.75, 3.05) is 26.3 Å². The van der Waals surface area contributed by atoms with E-state index in [1.54, 1.807) is 0 Å². The lowest BCUT2D eigenvalue weighted by atomic mass is 10.0. The minimum Gasteiger partial charge on any atom is -0.389 e. The van der Waals surface area contributed by atoms with Gasteiger partial charge in [-0.15, -0.1) is 0 Å². The van der Waals surface area contributed by atoms with E-state index in [0.29, 0.717) is 6.04 Å². The monoisotopic (exact) mass is 187 g/mol. The summed E-state index contributed by atoms with van der Waals surface area (Å²) in [7, 11) is 0. The summed E-state index contributed by atoms with van der Waals surface area (Å²) in [6, 6.07) is 0.437. The van der Waals surface area contributed by atoms with Crippen molar-refractivity contribution < 1.29 is 9.84 Å². The summed E-state index contributed by atoms with van der Waals surface area (Å²) in [5, 5.41) is 9.91. The van der Waals surface area contributed by atoms with E-state index in [0.717, 1.165) is 32.7 Å². The number of hydrogen-bond acceptors (Lipinski definition) is 3. The van der Waals surface area contributed by atoms with Crippen LogP contribution in [0, 0.1) is 0 Å². The minimum atomic E-state index is -0.550. The van der Waals surface area contributed by atoms with Crippen molar-refractivity contribution in [3.05, 3.63) is 0 Å². The molecule has 3 heteroatoms. The smallest absolute Gasteiger partial charge is 0.0743 e. The molecule has 1 N–H and O–H groups in total. The van der Waals surface area contributed by atoms with Gasteiger partial charge in [0.25, 0.3) is 0 Å². The van der Waals surface area contributed by atoms with Crippen LogP contribution < -0.4 is 0 Å². The summed E-state index contributed by atoms with van der Waals surface area (Å²) in [6.07, 6.45) is 0.803. The molecule has 0 radical (unpaired) electrons. The maximum atomic E-state index is 9.91. The summed E-state index contributed by atoms with van der Waals surface area (Å²) < 4.78 is 5.34. The van der Waals surface area contributed by atoms with E-state index in [2.05, 4.69) is 11.8 Å². The Morgan fingerprint density at radius 2 is 2.31 bits per heavy atom. The number of hydrogen-bond donors (Lipinski definition) is 1. The first-order valence-corrected chi connectivity index (χ1v) is 5.09. The van der Waals surface area contributed by atoms with Crippen LogP contribution in [0.3, 0.4) is 0 Å². The van der Waals surface area contributed by atoms with E-state index < -0.39 is 5.60 Å². The number of ether oxygens (including phenoxy) is 1. The zero-order chi connectivity index (χ0) is 9.90. The largest absolute Gasteiger partial charge is 0.389 e. The van der Waals surface area contributed by atoms with E-state index in [9.17, 15) is 5.11 Å². The van der Waals surface area contributed by atoms with E-state index in [4.69, 9.17) is 4.74 Å². The topological polar surface area (TPSA) is 32.7 Å². The highest BCUT2D eigenvalue weighted by Gasteiger charge is 2.26. The van der Waals surface area contributed by atoms with E-state index in [-0.39, 0.29) is 0 Å². The van der Waals surface area contributed by atoms with Crippen molar-refractivity contribution >= 4 is 0 Å². The maximum absolute atomic E-state index is 9.91. The first kappa shape index (κ1) is 11.0. The number of aliphatic hydroxyl groups is 1. The van der Waals surface area contributed by atoms with Crippen LogP contribution in [-0.4, -0.2) is 48.0 Å². The molecule has 0 aromatic carbocycles. The molecule has 3 nitrogen and oxygen atoms in total. The highest BCUT2D eigenvalue weighted by atomic mass is 16.5. The SMILES string of the molecule is CCC(C)(O)CN1CCOCC1C. The van der Waals surface area contributed by atoms with Crippen LogP contribution >= 0.6 is 0 Å². The van der Waals surface area contributed by atoms with Crippen molar-refractivity contribution in [1.82, 2.24) is 4.90 Å². The molecule has 0 saturated carbocycles. The van der Waals surface area contributed by atoms with Crippen LogP contribution in [0.25, 0.3) is 0 Å². The van der Waals surface area contributed by atoms with Gasteiger partial charge in [-0.3, -0.25) is 4.90 Å². The molecule has 0 amide bonds. The Bertz CT molecular complexity index is 159. The van der Waals surface area contributed by atoms with Crippen LogP contribution in [0.2, 0.25) is 0 Å². The molecule has 1 saturated heterocycles. The van der Waals surface area contributed by atoms with Gasteiger partial charge in [0, 0.05) is 19.1 Å².